The Hall–Kier alpha value is -3.11. The van der Waals surface area contributed by atoms with Gasteiger partial charge in [0.05, 0.1) is 25.2 Å². The predicted molar refractivity (Wildman–Crippen MR) is 113 cm³/mol. The van der Waals surface area contributed by atoms with Gasteiger partial charge in [0.25, 0.3) is 5.91 Å². The fourth-order valence-corrected chi connectivity index (χ4v) is 4.35. The molecule has 3 N–H and O–H groups in total. The van der Waals surface area contributed by atoms with Gasteiger partial charge in [-0.3, -0.25) is 15.1 Å². The molecule has 0 atom stereocenters. The number of hydrogen-bond acceptors (Lipinski definition) is 6. The van der Waals surface area contributed by atoms with E-state index in [1.165, 1.54) is 4.90 Å². The second-order valence-corrected chi connectivity index (χ2v) is 9.18. The van der Waals surface area contributed by atoms with Crippen molar-refractivity contribution in [3.63, 3.8) is 0 Å². The van der Waals surface area contributed by atoms with Gasteiger partial charge >= 0.3 is 6.03 Å². The summed E-state index contributed by atoms with van der Waals surface area (Å²) in [6.07, 6.45) is 0. The number of nitrogen functional groups attached to an aromatic ring is 1. The third-order valence-electron chi connectivity index (χ3n) is 4.90. The number of nitrogens with zero attached hydrogens (tertiary/aromatic N) is 2. The zero-order chi connectivity index (χ0) is 21.7. The highest BCUT2D eigenvalue weighted by Crippen LogP contribution is 2.25. The van der Waals surface area contributed by atoms with Crippen molar-refractivity contribution in [1.29, 1.82) is 0 Å². The first-order valence-corrected chi connectivity index (χ1v) is 11.2. The molecule has 0 unspecified atom stereocenters. The summed E-state index contributed by atoms with van der Waals surface area (Å²) in [5.41, 5.74) is 3.90. The first-order valence-electron chi connectivity index (χ1n) is 9.34. The van der Waals surface area contributed by atoms with Gasteiger partial charge in [0, 0.05) is 30.4 Å². The average molecular weight is 433 g/mol. The smallest absolute Gasteiger partial charge is 0.324 e. The number of carbonyl (C=O) groups excluding carboxylic acids is 2. The van der Waals surface area contributed by atoms with E-state index in [0.29, 0.717) is 17.0 Å². The van der Waals surface area contributed by atoms with Crippen molar-refractivity contribution in [2.45, 2.75) is 6.54 Å². The number of benzene rings is 2. The lowest BCUT2D eigenvalue weighted by atomic mass is 10.1. The van der Waals surface area contributed by atoms with Crippen molar-refractivity contribution in [3.8, 4) is 5.75 Å². The summed E-state index contributed by atoms with van der Waals surface area (Å²) in [6, 6.07) is 13.5. The maximum absolute atomic E-state index is 13.3. The third kappa shape index (κ3) is 5.08. The van der Waals surface area contributed by atoms with Crippen LogP contribution >= 0.6 is 0 Å². The van der Waals surface area contributed by atoms with E-state index < -0.39 is 15.7 Å². The zero-order valence-corrected chi connectivity index (χ0v) is 17.4. The van der Waals surface area contributed by atoms with Crippen molar-refractivity contribution in [2.24, 2.45) is 5.84 Å². The lowest BCUT2D eigenvalue weighted by molar-refractivity contribution is 0.0953. The molecule has 0 saturated carbocycles. The first-order chi connectivity index (χ1) is 14.3. The van der Waals surface area contributed by atoms with E-state index in [0.717, 1.165) is 5.56 Å². The molecule has 1 fully saturated rings. The molecule has 1 aliphatic heterocycles. The van der Waals surface area contributed by atoms with Crippen LogP contribution in [0.3, 0.4) is 0 Å². The van der Waals surface area contributed by atoms with Gasteiger partial charge in [-0.15, -0.1) is 0 Å². The molecule has 0 spiro atoms. The highest BCUT2D eigenvalue weighted by Gasteiger charge is 2.29. The highest BCUT2D eigenvalue weighted by atomic mass is 32.2. The molecule has 160 valence electrons. The molecule has 0 radical (unpaired) electrons. The Morgan fingerprint density at radius 3 is 2.40 bits per heavy atom. The van der Waals surface area contributed by atoms with Gasteiger partial charge in [0.15, 0.2) is 9.84 Å². The number of anilines is 1. The largest absolute Gasteiger partial charge is 0.497 e. The van der Waals surface area contributed by atoms with Crippen LogP contribution in [0.5, 0.6) is 5.75 Å². The predicted octanol–water partition coefficient (Wildman–Crippen LogP) is 1.16. The Morgan fingerprint density at radius 2 is 1.80 bits per heavy atom. The second kappa shape index (κ2) is 9.14. The monoisotopic (exact) mass is 432 g/mol. The lowest BCUT2D eigenvalue weighted by Crippen LogP contribution is -2.49. The summed E-state index contributed by atoms with van der Waals surface area (Å²) in [7, 11) is -1.56. The van der Waals surface area contributed by atoms with Crippen LogP contribution in [0.1, 0.15) is 15.9 Å². The minimum absolute atomic E-state index is 0.0480. The van der Waals surface area contributed by atoms with Crippen LogP contribution < -0.4 is 20.9 Å². The molecule has 1 heterocycles. The van der Waals surface area contributed by atoms with Crippen LogP contribution in [-0.2, 0) is 16.4 Å². The van der Waals surface area contributed by atoms with E-state index in [4.69, 9.17) is 10.6 Å². The fourth-order valence-electron chi connectivity index (χ4n) is 3.15. The molecule has 0 aliphatic carbocycles. The van der Waals surface area contributed by atoms with Gasteiger partial charge in [0.1, 0.15) is 5.75 Å². The van der Waals surface area contributed by atoms with E-state index in [-0.39, 0.29) is 37.2 Å². The molecule has 1 saturated heterocycles. The van der Waals surface area contributed by atoms with Crippen LogP contribution in [0.25, 0.3) is 0 Å². The number of carbonyl (C=O) groups is 2. The van der Waals surface area contributed by atoms with Crippen LogP contribution in [0.2, 0.25) is 0 Å². The molecule has 9 nitrogen and oxygen atoms in total. The summed E-state index contributed by atoms with van der Waals surface area (Å²) in [5, 5.41) is 0. The van der Waals surface area contributed by atoms with Gasteiger partial charge in [-0.25, -0.2) is 19.1 Å². The number of hydrogen-bond donors (Lipinski definition) is 2. The number of hydrazine groups is 1. The first kappa shape index (κ1) is 21.6. The Labute approximate surface area is 175 Å². The molecular formula is C20H24N4O5S. The number of amides is 3. The third-order valence-corrected chi connectivity index (χ3v) is 6.51. The van der Waals surface area contributed by atoms with Gasteiger partial charge in [-0.2, -0.15) is 0 Å². The van der Waals surface area contributed by atoms with Crippen molar-refractivity contribution in [1.82, 2.24) is 10.3 Å². The van der Waals surface area contributed by atoms with E-state index in [2.05, 4.69) is 5.43 Å². The topological polar surface area (TPSA) is 122 Å². The minimum atomic E-state index is -3.11. The molecular weight excluding hydrogens is 408 g/mol. The molecule has 2 aromatic rings. The number of nitrogens with one attached hydrogen (secondary N) is 1. The molecule has 30 heavy (non-hydrogen) atoms. The van der Waals surface area contributed by atoms with Crippen LogP contribution in [0.4, 0.5) is 10.5 Å². The van der Waals surface area contributed by atoms with Crippen LogP contribution in [-0.4, -0.2) is 57.0 Å². The van der Waals surface area contributed by atoms with Crippen LogP contribution in [0, 0.1) is 0 Å². The number of urea groups is 1. The van der Waals surface area contributed by atoms with Gasteiger partial charge in [-0.1, -0.05) is 18.2 Å². The summed E-state index contributed by atoms with van der Waals surface area (Å²) in [4.78, 5) is 28.0. The van der Waals surface area contributed by atoms with Crippen molar-refractivity contribution in [2.75, 3.05) is 36.6 Å². The lowest BCUT2D eigenvalue weighted by Gasteiger charge is -2.33. The quantitative estimate of drug-likeness (QED) is 0.415. The van der Waals surface area contributed by atoms with E-state index in [1.807, 2.05) is 0 Å². The fraction of sp³-hybridized carbons (Fsp3) is 0.300. The normalized spacial score (nSPS) is 15.3. The summed E-state index contributed by atoms with van der Waals surface area (Å²) < 4.78 is 28.7. The van der Waals surface area contributed by atoms with E-state index in [9.17, 15) is 18.0 Å². The van der Waals surface area contributed by atoms with Crippen molar-refractivity contribution in [3.05, 3.63) is 59.7 Å². The van der Waals surface area contributed by atoms with Gasteiger partial charge in [-0.05, 0) is 29.8 Å². The number of rotatable bonds is 5. The molecule has 1 aliphatic rings. The Morgan fingerprint density at radius 1 is 1.13 bits per heavy atom. The minimum Gasteiger partial charge on any atom is -0.497 e. The summed E-state index contributed by atoms with van der Waals surface area (Å²) in [6.45, 7) is 0.536. The molecule has 0 aromatic heterocycles. The molecule has 2 aromatic carbocycles. The maximum Gasteiger partial charge on any atom is 0.324 e. The summed E-state index contributed by atoms with van der Waals surface area (Å²) >= 11 is 0. The SMILES string of the molecule is COc1cccc(N(Cc2ccc(C(=O)NN)cc2)C(=O)N2CCS(=O)(=O)CC2)c1. The number of sulfone groups is 1. The molecule has 10 heteroatoms. The molecule has 3 rings (SSSR count). The Kier molecular flexibility index (Phi) is 6.58. The van der Waals surface area contributed by atoms with Gasteiger partial charge in [0.2, 0.25) is 0 Å². The number of nitrogens with two attached hydrogens (primary N) is 1. The average Bonchev–Trinajstić information content (AvgIpc) is 2.77. The molecule has 3 amide bonds. The highest BCUT2D eigenvalue weighted by molar-refractivity contribution is 7.91. The van der Waals surface area contributed by atoms with E-state index >= 15 is 0 Å². The van der Waals surface area contributed by atoms with E-state index in [1.54, 1.807) is 60.5 Å². The second-order valence-electron chi connectivity index (χ2n) is 6.88. The molecule has 0 bridgehead atoms. The maximum atomic E-state index is 13.3. The standard InChI is InChI=1S/C20H24N4O5S/c1-29-18-4-2-3-17(13-18)24(20(26)23-9-11-30(27,28)12-10-23)14-15-5-7-16(8-6-15)19(25)22-21/h2-8,13H,9-12,14,21H2,1H3,(H,22,25). The number of methoxy groups -OCH3 is 1. The van der Waals surface area contributed by atoms with Crippen molar-refractivity contribution >= 4 is 27.5 Å². The zero-order valence-electron chi connectivity index (χ0n) is 16.6. The number of ether oxygens (including phenoxy) is 1. The van der Waals surface area contributed by atoms with Gasteiger partial charge < -0.3 is 9.64 Å². The summed E-state index contributed by atoms with van der Waals surface area (Å²) in [5.74, 6) is 5.25. The van der Waals surface area contributed by atoms with Crippen molar-refractivity contribution < 1.29 is 22.7 Å². The Balaban J connectivity index is 1.87. The van der Waals surface area contributed by atoms with Crippen LogP contribution in [0.15, 0.2) is 48.5 Å². The Bertz CT molecular complexity index is 1010.